The van der Waals surface area contributed by atoms with Crippen molar-refractivity contribution in [1.82, 2.24) is 0 Å². The van der Waals surface area contributed by atoms with Crippen molar-refractivity contribution in [2.75, 3.05) is 6.26 Å². The molecule has 0 unspecified atom stereocenters. The molecular formula is C14H12BrNOS2. The predicted molar refractivity (Wildman–Crippen MR) is 88.3 cm³/mol. The first-order chi connectivity index (χ1) is 9.10. The molecule has 2 nitrogen and oxygen atoms in total. The lowest BCUT2D eigenvalue weighted by molar-refractivity contribution is 0.482. The summed E-state index contributed by atoms with van der Waals surface area (Å²) in [5.74, 6) is 1.54. The van der Waals surface area contributed by atoms with Crippen molar-refractivity contribution in [2.45, 2.75) is 4.90 Å². The minimum atomic E-state index is 0.364. The molecule has 2 N–H and O–H groups in total. The lowest BCUT2D eigenvalue weighted by Gasteiger charge is -2.08. The number of hydrogen-bond donors (Lipinski definition) is 1. The fourth-order valence-corrected chi connectivity index (χ4v) is 2.83. The molecule has 0 radical (unpaired) electrons. The standard InChI is InChI=1S/C14H12BrNOS2/c1-19-11-5-2-9(3-6-11)17-10-4-7-12(14(16)18)13(15)8-10/h2-8H,1H3,(H2,16,18). The van der Waals surface area contributed by atoms with Gasteiger partial charge in [-0.3, -0.25) is 0 Å². The van der Waals surface area contributed by atoms with Crippen LogP contribution in [-0.2, 0) is 0 Å². The third kappa shape index (κ3) is 3.72. The van der Waals surface area contributed by atoms with E-state index in [1.165, 1.54) is 4.90 Å². The molecule has 0 aromatic heterocycles. The zero-order chi connectivity index (χ0) is 13.8. The van der Waals surface area contributed by atoms with E-state index < -0.39 is 0 Å². The summed E-state index contributed by atoms with van der Waals surface area (Å²) in [6, 6.07) is 13.5. The van der Waals surface area contributed by atoms with Crippen LogP contribution in [0.25, 0.3) is 0 Å². The van der Waals surface area contributed by atoms with Gasteiger partial charge in [-0.15, -0.1) is 11.8 Å². The van der Waals surface area contributed by atoms with Crippen LogP contribution in [-0.4, -0.2) is 11.2 Å². The van der Waals surface area contributed by atoms with Crippen LogP contribution in [0.15, 0.2) is 51.8 Å². The van der Waals surface area contributed by atoms with Crippen molar-refractivity contribution >= 4 is 44.9 Å². The molecule has 98 valence electrons. The molecule has 0 atom stereocenters. The van der Waals surface area contributed by atoms with E-state index in [1.807, 2.05) is 48.7 Å². The van der Waals surface area contributed by atoms with Crippen molar-refractivity contribution in [3.05, 3.63) is 52.5 Å². The van der Waals surface area contributed by atoms with Crippen LogP contribution >= 0.6 is 39.9 Å². The van der Waals surface area contributed by atoms with Gasteiger partial charge in [-0.25, -0.2) is 0 Å². The fraction of sp³-hybridized carbons (Fsp3) is 0.0714. The Morgan fingerprint density at radius 1 is 1.16 bits per heavy atom. The second-order valence-electron chi connectivity index (χ2n) is 3.78. The van der Waals surface area contributed by atoms with E-state index in [2.05, 4.69) is 15.9 Å². The Labute approximate surface area is 130 Å². The van der Waals surface area contributed by atoms with Gasteiger partial charge in [-0.05, 0) is 64.7 Å². The lowest BCUT2D eigenvalue weighted by Crippen LogP contribution is -2.09. The molecule has 0 saturated carbocycles. The smallest absolute Gasteiger partial charge is 0.128 e. The quantitative estimate of drug-likeness (QED) is 0.643. The summed E-state index contributed by atoms with van der Waals surface area (Å²) < 4.78 is 6.60. The van der Waals surface area contributed by atoms with Crippen LogP contribution in [0.2, 0.25) is 0 Å². The summed E-state index contributed by atoms with van der Waals surface area (Å²) in [5, 5.41) is 0. The molecule has 0 bridgehead atoms. The topological polar surface area (TPSA) is 35.2 Å². The van der Waals surface area contributed by atoms with Crippen LogP contribution in [0.5, 0.6) is 11.5 Å². The first-order valence-corrected chi connectivity index (χ1v) is 7.94. The molecule has 0 aliphatic rings. The van der Waals surface area contributed by atoms with Gasteiger partial charge in [-0.2, -0.15) is 0 Å². The highest BCUT2D eigenvalue weighted by Crippen LogP contribution is 2.28. The number of halogens is 1. The highest BCUT2D eigenvalue weighted by molar-refractivity contribution is 9.10. The number of benzene rings is 2. The van der Waals surface area contributed by atoms with Gasteiger partial charge in [0.25, 0.3) is 0 Å². The number of thioether (sulfide) groups is 1. The van der Waals surface area contributed by atoms with Gasteiger partial charge in [0.15, 0.2) is 0 Å². The van der Waals surface area contributed by atoms with Crippen molar-refractivity contribution in [1.29, 1.82) is 0 Å². The summed E-state index contributed by atoms with van der Waals surface area (Å²) >= 11 is 10.1. The number of ether oxygens (including phenoxy) is 1. The van der Waals surface area contributed by atoms with Crippen LogP contribution in [0, 0.1) is 0 Å². The van der Waals surface area contributed by atoms with E-state index in [4.69, 9.17) is 22.7 Å². The third-order valence-electron chi connectivity index (χ3n) is 2.50. The minimum Gasteiger partial charge on any atom is -0.457 e. The average molecular weight is 354 g/mol. The van der Waals surface area contributed by atoms with E-state index in [0.29, 0.717) is 4.99 Å². The summed E-state index contributed by atoms with van der Waals surface area (Å²) in [6.45, 7) is 0. The Bertz CT molecular complexity index is 599. The molecule has 0 aliphatic heterocycles. The zero-order valence-corrected chi connectivity index (χ0v) is 13.4. The number of hydrogen-bond acceptors (Lipinski definition) is 3. The van der Waals surface area contributed by atoms with Crippen LogP contribution in [0.3, 0.4) is 0 Å². The van der Waals surface area contributed by atoms with Gasteiger partial charge < -0.3 is 10.5 Å². The number of nitrogens with two attached hydrogens (primary N) is 1. The fourth-order valence-electron chi connectivity index (χ4n) is 1.54. The summed E-state index contributed by atoms with van der Waals surface area (Å²) in [5.41, 5.74) is 6.41. The molecule has 2 aromatic rings. The van der Waals surface area contributed by atoms with E-state index in [-0.39, 0.29) is 0 Å². The van der Waals surface area contributed by atoms with E-state index >= 15 is 0 Å². The monoisotopic (exact) mass is 353 g/mol. The molecule has 2 aromatic carbocycles. The Balaban J connectivity index is 2.18. The minimum absolute atomic E-state index is 0.364. The maximum atomic E-state index is 5.77. The summed E-state index contributed by atoms with van der Waals surface area (Å²) in [4.78, 5) is 1.57. The van der Waals surface area contributed by atoms with E-state index in [0.717, 1.165) is 21.5 Å². The number of rotatable bonds is 4. The average Bonchev–Trinajstić information content (AvgIpc) is 2.39. The van der Waals surface area contributed by atoms with Crippen molar-refractivity contribution in [3.63, 3.8) is 0 Å². The van der Waals surface area contributed by atoms with Crippen LogP contribution in [0.4, 0.5) is 0 Å². The Morgan fingerprint density at radius 3 is 2.32 bits per heavy atom. The van der Waals surface area contributed by atoms with Gasteiger partial charge in [0.1, 0.15) is 16.5 Å². The van der Waals surface area contributed by atoms with E-state index in [9.17, 15) is 0 Å². The molecule has 0 fully saturated rings. The zero-order valence-electron chi connectivity index (χ0n) is 10.2. The molecule has 2 rings (SSSR count). The van der Waals surface area contributed by atoms with Gasteiger partial charge in [0, 0.05) is 14.9 Å². The highest BCUT2D eigenvalue weighted by atomic mass is 79.9. The molecule has 5 heteroatoms. The largest absolute Gasteiger partial charge is 0.457 e. The lowest BCUT2D eigenvalue weighted by atomic mass is 10.2. The predicted octanol–water partition coefficient (Wildman–Crippen LogP) is 4.60. The maximum Gasteiger partial charge on any atom is 0.128 e. The molecule has 0 saturated heterocycles. The van der Waals surface area contributed by atoms with Crippen LogP contribution < -0.4 is 10.5 Å². The van der Waals surface area contributed by atoms with Crippen molar-refractivity contribution in [3.8, 4) is 11.5 Å². The first kappa shape index (κ1) is 14.4. The van der Waals surface area contributed by atoms with Gasteiger partial charge in [-0.1, -0.05) is 12.2 Å². The molecule has 19 heavy (non-hydrogen) atoms. The molecule has 0 spiro atoms. The summed E-state index contributed by atoms with van der Waals surface area (Å²) in [6.07, 6.45) is 2.04. The second kappa shape index (κ2) is 6.41. The Kier molecular flexibility index (Phi) is 4.85. The van der Waals surface area contributed by atoms with Gasteiger partial charge in [0.05, 0.1) is 0 Å². The Morgan fingerprint density at radius 2 is 1.79 bits per heavy atom. The van der Waals surface area contributed by atoms with Gasteiger partial charge in [0.2, 0.25) is 0 Å². The SMILES string of the molecule is CSc1ccc(Oc2ccc(C(N)=S)c(Br)c2)cc1. The van der Waals surface area contributed by atoms with Crippen molar-refractivity contribution < 1.29 is 4.74 Å². The first-order valence-electron chi connectivity index (χ1n) is 5.51. The highest BCUT2D eigenvalue weighted by Gasteiger charge is 2.05. The van der Waals surface area contributed by atoms with E-state index in [1.54, 1.807) is 11.8 Å². The summed E-state index contributed by atoms with van der Waals surface area (Å²) in [7, 11) is 0. The number of thiocarbonyl (C=S) groups is 1. The Hall–Kier alpha value is -1.04. The molecular weight excluding hydrogens is 342 g/mol. The third-order valence-corrected chi connectivity index (χ3v) is 4.12. The molecule has 0 aliphatic carbocycles. The molecule has 0 heterocycles. The van der Waals surface area contributed by atoms with Crippen molar-refractivity contribution in [2.24, 2.45) is 5.73 Å². The van der Waals surface area contributed by atoms with Gasteiger partial charge >= 0.3 is 0 Å². The maximum absolute atomic E-state index is 5.77. The normalized spacial score (nSPS) is 10.2. The molecule has 0 amide bonds. The van der Waals surface area contributed by atoms with Crippen LogP contribution in [0.1, 0.15) is 5.56 Å². The second-order valence-corrected chi connectivity index (χ2v) is 5.96.